The predicted molar refractivity (Wildman–Crippen MR) is 94.0 cm³/mol. The minimum atomic E-state index is 0.0138. The van der Waals surface area contributed by atoms with Gasteiger partial charge in [-0.15, -0.1) is 11.6 Å². The molecular weight excluding hydrogens is 310 g/mol. The average Bonchev–Trinajstić information content (AvgIpc) is 3.10. The minimum absolute atomic E-state index is 0.0138. The van der Waals surface area contributed by atoms with Crippen molar-refractivity contribution in [1.82, 2.24) is 4.90 Å². The topological polar surface area (TPSA) is 29.5 Å². The summed E-state index contributed by atoms with van der Waals surface area (Å²) in [6.45, 7) is 4.26. The molecule has 0 N–H and O–H groups in total. The second kappa shape index (κ2) is 8.82. The van der Waals surface area contributed by atoms with Gasteiger partial charge in [0.2, 0.25) is 0 Å². The summed E-state index contributed by atoms with van der Waals surface area (Å²) in [5.41, 5.74) is 0. The summed E-state index contributed by atoms with van der Waals surface area (Å²) in [6.07, 6.45) is 11.5. The number of ketones is 1. The highest BCUT2D eigenvalue weighted by atomic mass is 35.5. The zero-order valence-corrected chi connectivity index (χ0v) is 15.1. The fourth-order valence-corrected chi connectivity index (χ4v) is 5.01. The lowest BCUT2D eigenvalue weighted by Gasteiger charge is -2.34. The van der Waals surface area contributed by atoms with E-state index < -0.39 is 0 Å². The van der Waals surface area contributed by atoms with Gasteiger partial charge < -0.3 is 9.64 Å². The fourth-order valence-electron chi connectivity index (χ4n) is 4.59. The van der Waals surface area contributed by atoms with E-state index >= 15 is 0 Å². The van der Waals surface area contributed by atoms with E-state index in [-0.39, 0.29) is 17.4 Å². The van der Waals surface area contributed by atoms with Gasteiger partial charge >= 0.3 is 0 Å². The molecule has 3 aliphatic rings. The molecule has 3 nitrogen and oxygen atoms in total. The number of carbonyl (C=O) groups excluding carboxylic acids is 1. The average molecular weight is 342 g/mol. The van der Waals surface area contributed by atoms with Crippen LogP contribution in [0.2, 0.25) is 0 Å². The Morgan fingerprint density at radius 2 is 1.70 bits per heavy atom. The van der Waals surface area contributed by atoms with Crippen molar-refractivity contribution in [1.29, 1.82) is 0 Å². The smallest absolute Gasteiger partial charge is 0.139 e. The van der Waals surface area contributed by atoms with Crippen molar-refractivity contribution in [3.8, 4) is 0 Å². The zero-order valence-electron chi connectivity index (χ0n) is 14.4. The molecule has 1 saturated heterocycles. The van der Waals surface area contributed by atoms with Crippen LogP contribution in [0.25, 0.3) is 0 Å². The van der Waals surface area contributed by atoms with Gasteiger partial charge in [0.1, 0.15) is 5.78 Å². The molecule has 0 bridgehead atoms. The molecule has 0 aromatic carbocycles. The molecular formula is C19H32ClNO2. The van der Waals surface area contributed by atoms with Crippen LogP contribution in [0, 0.1) is 11.8 Å². The zero-order chi connectivity index (χ0) is 16.1. The Hall–Kier alpha value is -0.120. The van der Waals surface area contributed by atoms with E-state index in [1.54, 1.807) is 0 Å². The normalized spacial score (nSPS) is 33.9. The first-order valence-corrected chi connectivity index (χ1v) is 10.2. The van der Waals surface area contributed by atoms with E-state index in [4.69, 9.17) is 16.3 Å². The summed E-state index contributed by atoms with van der Waals surface area (Å²) in [6, 6.07) is 0. The molecule has 0 aromatic rings. The first-order chi connectivity index (χ1) is 11.2. The Kier molecular flexibility index (Phi) is 6.79. The summed E-state index contributed by atoms with van der Waals surface area (Å²) in [4.78, 5) is 15.2. The molecule has 3 atom stereocenters. The maximum atomic E-state index is 12.7. The highest BCUT2D eigenvalue weighted by molar-refractivity contribution is 6.21. The van der Waals surface area contributed by atoms with Gasteiger partial charge in [0.15, 0.2) is 0 Å². The van der Waals surface area contributed by atoms with E-state index in [2.05, 4.69) is 4.90 Å². The van der Waals surface area contributed by atoms with Crippen LogP contribution in [0.5, 0.6) is 0 Å². The van der Waals surface area contributed by atoms with Gasteiger partial charge in [-0.3, -0.25) is 4.79 Å². The number of ether oxygens (including phenoxy) is 1. The minimum Gasteiger partial charge on any atom is -0.375 e. The van der Waals surface area contributed by atoms with Crippen molar-refractivity contribution >= 4 is 17.4 Å². The van der Waals surface area contributed by atoms with Gasteiger partial charge in [0.05, 0.1) is 18.1 Å². The fraction of sp³-hybridized carbons (Fsp3) is 0.947. The number of alkyl halides is 1. The van der Waals surface area contributed by atoms with Crippen molar-refractivity contribution in [2.24, 2.45) is 11.8 Å². The van der Waals surface area contributed by atoms with Crippen molar-refractivity contribution in [2.75, 3.05) is 26.2 Å². The second-order valence-electron chi connectivity index (χ2n) is 7.72. The highest BCUT2D eigenvalue weighted by Crippen LogP contribution is 2.35. The molecule has 2 saturated carbocycles. The molecule has 132 valence electrons. The van der Waals surface area contributed by atoms with Crippen LogP contribution >= 0.6 is 11.6 Å². The van der Waals surface area contributed by atoms with Gasteiger partial charge in [-0.1, -0.05) is 19.3 Å². The monoisotopic (exact) mass is 341 g/mol. The molecule has 3 fully saturated rings. The molecule has 0 spiro atoms. The number of likely N-dealkylation sites (tertiary alicyclic amines) is 1. The van der Waals surface area contributed by atoms with Gasteiger partial charge in [-0.2, -0.15) is 0 Å². The number of hydrogen-bond acceptors (Lipinski definition) is 3. The Morgan fingerprint density at radius 3 is 2.39 bits per heavy atom. The third-order valence-corrected chi connectivity index (χ3v) is 6.52. The third kappa shape index (κ3) is 4.93. The number of Topliss-reactive ketones (excluding diaryl/α,β-unsaturated/α-hetero) is 1. The molecule has 3 rings (SSSR count). The number of rotatable bonds is 6. The Balaban J connectivity index is 1.38. The Morgan fingerprint density at radius 1 is 0.957 bits per heavy atom. The van der Waals surface area contributed by atoms with Crippen LogP contribution in [-0.2, 0) is 9.53 Å². The molecule has 3 unspecified atom stereocenters. The molecule has 1 heterocycles. The van der Waals surface area contributed by atoms with Gasteiger partial charge in [-0.25, -0.2) is 0 Å². The molecule has 23 heavy (non-hydrogen) atoms. The maximum Gasteiger partial charge on any atom is 0.139 e. The van der Waals surface area contributed by atoms with Gasteiger partial charge in [0, 0.05) is 18.4 Å². The van der Waals surface area contributed by atoms with Crippen LogP contribution in [0.15, 0.2) is 0 Å². The van der Waals surface area contributed by atoms with E-state index in [1.165, 1.54) is 45.2 Å². The van der Waals surface area contributed by atoms with Crippen molar-refractivity contribution in [3.63, 3.8) is 0 Å². The Bertz CT molecular complexity index is 378. The largest absolute Gasteiger partial charge is 0.375 e. The number of carbonyl (C=O) groups is 1. The molecule has 2 aliphatic carbocycles. The third-order valence-electron chi connectivity index (χ3n) is 6.06. The number of hydrogen-bond donors (Lipinski definition) is 0. The lowest BCUT2D eigenvalue weighted by atomic mass is 9.76. The molecule has 0 radical (unpaired) electrons. The molecule has 1 aliphatic heterocycles. The van der Waals surface area contributed by atoms with Crippen LogP contribution in [0.3, 0.4) is 0 Å². The van der Waals surface area contributed by atoms with Crippen LogP contribution in [-0.4, -0.2) is 48.4 Å². The summed E-state index contributed by atoms with van der Waals surface area (Å²) in [5, 5.41) is 0.0138. The SMILES string of the molecule is O=C(C1CCCCC1)C1CCC(OCCN2CCCC2)C(Cl)C1. The first kappa shape index (κ1) is 17.7. The summed E-state index contributed by atoms with van der Waals surface area (Å²) >= 11 is 6.56. The van der Waals surface area contributed by atoms with E-state index in [0.717, 1.165) is 45.3 Å². The highest BCUT2D eigenvalue weighted by Gasteiger charge is 2.36. The second-order valence-corrected chi connectivity index (χ2v) is 8.28. The predicted octanol–water partition coefficient (Wildman–Crippen LogP) is 4.02. The van der Waals surface area contributed by atoms with Crippen LogP contribution in [0.4, 0.5) is 0 Å². The number of nitrogens with zero attached hydrogens (tertiary/aromatic N) is 1. The molecule has 0 aromatic heterocycles. The van der Waals surface area contributed by atoms with E-state index in [1.807, 2.05) is 0 Å². The maximum absolute atomic E-state index is 12.7. The standard InChI is InChI=1S/C19H32ClNO2/c20-17-14-16(19(22)15-6-2-1-3-7-15)8-9-18(17)23-13-12-21-10-4-5-11-21/h15-18H,1-14H2. The first-order valence-electron chi connectivity index (χ1n) is 9.76. The van der Waals surface area contributed by atoms with Crippen LogP contribution in [0.1, 0.15) is 64.2 Å². The summed E-state index contributed by atoms with van der Waals surface area (Å²) in [7, 11) is 0. The van der Waals surface area contributed by atoms with Crippen molar-refractivity contribution in [3.05, 3.63) is 0 Å². The lowest BCUT2D eigenvalue weighted by Crippen LogP contribution is -2.38. The van der Waals surface area contributed by atoms with E-state index in [9.17, 15) is 4.79 Å². The van der Waals surface area contributed by atoms with Crippen molar-refractivity contribution < 1.29 is 9.53 Å². The number of halogens is 1. The Labute approximate surface area is 146 Å². The lowest BCUT2D eigenvalue weighted by molar-refractivity contribution is -0.129. The summed E-state index contributed by atoms with van der Waals surface area (Å²) in [5.74, 6) is 1.02. The van der Waals surface area contributed by atoms with Crippen LogP contribution < -0.4 is 0 Å². The van der Waals surface area contributed by atoms with Gasteiger partial charge in [-0.05, 0) is 58.0 Å². The quantitative estimate of drug-likeness (QED) is 0.683. The van der Waals surface area contributed by atoms with Crippen molar-refractivity contribution in [2.45, 2.75) is 75.7 Å². The molecule has 0 amide bonds. The van der Waals surface area contributed by atoms with Gasteiger partial charge in [0.25, 0.3) is 0 Å². The van der Waals surface area contributed by atoms with E-state index in [0.29, 0.717) is 11.7 Å². The summed E-state index contributed by atoms with van der Waals surface area (Å²) < 4.78 is 6.05. The molecule has 4 heteroatoms.